The molecule has 1 amide bonds. The molecule has 1 aromatic rings. The van der Waals surface area contributed by atoms with Gasteiger partial charge in [-0.15, -0.1) is 0 Å². The van der Waals surface area contributed by atoms with Gasteiger partial charge < -0.3 is 4.90 Å². The highest BCUT2D eigenvalue weighted by Crippen LogP contribution is 2.61. The summed E-state index contributed by atoms with van der Waals surface area (Å²) in [5, 5.41) is 0. The molecule has 4 heteroatoms. The predicted molar refractivity (Wildman–Crippen MR) is 111 cm³/mol. The van der Waals surface area contributed by atoms with Crippen molar-refractivity contribution >= 4 is 21.8 Å². The van der Waals surface area contributed by atoms with Crippen LogP contribution in [0.15, 0.2) is 28.7 Å². The summed E-state index contributed by atoms with van der Waals surface area (Å²) >= 11 is 3.65. The summed E-state index contributed by atoms with van der Waals surface area (Å²) in [5.74, 6) is 3.25. The van der Waals surface area contributed by atoms with Gasteiger partial charge >= 0.3 is 0 Å². The van der Waals surface area contributed by atoms with Gasteiger partial charge in [-0.2, -0.15) is 0 Å². The minimum Gasteiger partial charge on any atom is -0.340 e. The maximum Gasteiger partial charge on any atom is 0.223 e. The molecule has 4 saturated carbocycles. The van der Waals surface area contributed by atoms with E-state index in [-0.39, 0.29) is 0 Å². The number of benzene rings is 1. The second kappa shape index (κ2) is 7.18. The van der Waals surface area contributed by atoms with Crippen molar-refractivity contribution in [1.82, 2.24) is 9.80 Å². The van der Waals surface area contributed by atoms with E-state index in [1.807, 2.05) is 0 Å². The van der Waals surface area contributed by atoms with Crippen LogP contribution in [-0.4, -0.2) is 41.9 Å². The highest BCUT2D eigenvalue weighted by Gasteiger charge is 2.51. The van der Waals surface area contributed by atoms with Crippen LogP contribution < -0.4 is 0 Å². The fraction of sp³-hybridized carbons (Fsp3) is 0.696. The van der Waals surface area contributed by atoms with Gasteiger partial charge in [-0.3, -0.25) is 9.69 Å². The van der Waals surface area contributed by atoms with Gasteiger partial charge in [-0.1, -0.05) is 34.1 Å². The largest absolute Gasteiger partial charge is 0.340 e. The third-order valence-corrected chi connectivity index (χ3v) is 8.54. The van der Waals surface area contributed by atoms with Gasteiger partial charge in [0.25, 0.3) is 0 Å². The summed E-state index contributed by atoms with van der Waals surface area (Å²) < 4.78 is 1.19. The summed E-state index contributed by atoms with van der Waals surface area (Å²) in [6, 6.07) is 8.47. The molecular weight excluding hydrogens is 400 g/mol. The number of rotatable bonds is 4. The Labute approximate surface area is 171 Å². The van der Waals surface area contributed by atoms with Gasteiger partial charge in [0.05, 0.1) is 0 Å². The van der Waals surface area contributed by atoms with Crippen LogP contribution in [0.4, 0.5) is 0 Å². The number of piperazine rings is 1. The molecule has 0 spiro atoms. The van der Waals surface area contributed by atoms with Crippen LogP contribution in [0.3, 0.4) is 0 Å². The molecule has 1 aromatic carbocycles. The zero-order valence-electron chi connectivity index (χ0n) is 16.2. The second-order valence-corrected chi connectivity index (χ2v) is 10.7. The standard InChI is InChI=1S/C23H31BrN2O/c24-21-4-2-1-3-20(21)16-25-5-7-26(8-6-25)22(27)15-23-12-17-9-18(13-23)11-19(10-17)14-23/h1-4,17-19H,5-16H2. The Balaban J connectivity index is 1.16. The van der Waals surface area contributed by atoms with Crippen molar-refractivity contribution in [3.63, 3.8) is 0 Å². The Morgan fingerprint density at radius 3 is 2.15 bits per heavy atom. The van der Waals surface area contributed by atoms with Crippen molar-refractivity contribution < 1.29 is 4.79 Å². The minimum absolute atomic E-state index is 0.373. The molecule has 146 valence electrons. The first-order chi connectivity index (χ1) is 13.1. The van der Waals surface area contributed by atoms with E-state index in [2.05, 4.69) is 50.0 Å². The second-order valence-electron chi connectivity index (χ2n) is 9.84. The summed E-state index contributed by atoms with van der Waals surface area (Å²) in [6.45, 7) is 4.76. The first kappa shape index (κ1) is 18.2. The smallest absolute Gasteiger partial charge is 0.223 e. The van der Waals surface area contributed by atoms with Gasteiger partial charge in [0.15, 0.2) is 0 Å². The van der Waals surface area contributed by atoms with Gasteiger partial charge in [0.2, 0.25) is 5.91 Å². The highest BCUT2D eigenvalue weighted by atomic mass is 79.9. The van der Waals surface area contributed by atoms with Crippen LogP contribution in [-0.2, 0) is 11.3 Å². The lowest BCUT2D eigenvalue weighted by Crippen LogP contribution is -2.52. The van der Waals surface area contributed by atoms with E-state index in [0.29, 0.717) is 11.3 Å². The van der Waals surface area contributed by atoms with Crippen molar-refractivity contribution in [2.45, 2.75) is 51.5 Å². The maximum absolute atomic E-state index is 13.1. The van der Waals surface area contributed by atoms with Crippen LogP contribution in [0.2, 0.25) is 0 Å². The van der Waals surface area contributed by atoms with Crippen LogP contribution in [0.25, 0.3) is 0 Å². The van der Waals surface area contributed by atoms with E-state index in [0.717, 1.165) is 56.9 Å². The molecule has 3 nitrogen and oxygen atoms in total. The molecule has 4 bridgehead atoms. The Morgan fingerprint density at radius 2 is 1.56 bits per heavy atom. The fourth-order valence-electron chi connectivity index (χ4n) is 6.96. The van der Waals surface area contributed by atoms with Gasteiger partial charge in [-0.25, -0.2) is 0 Å². The van der Waals surface area contributed by atoms with E-state index in [1.165, 1.54) is 48.6 Å². The number of amides is 1. The van der Waals surface area contributed by atoms with E-state index < -0.39 is 0 Å². The third-order valence-electron chi connectivity index (χ3n) is 7.77. The molecule has 4 aliphatic carbocycles. The summed E-state index contributed by atoms with van der Waals surface area (Å²) in [6.07, 6.45) is 9.23. The quantitative estimate of drug-likeness (QED) is 0.690. The molecule has 1 heterocycles. The normalized spacial score (nSPS) is 35.6. The molecule has 27 heavy (non-hydrogen) atoms. The fourth-order valence-corrected chi connectivity index (χ4v) is 7.37. The SMILES string of the molecule is O=C(CC12CC3CC(CC(C3)C1)C2)N1CCN(Cc2ccccc2Br)CC1. The summed E-state index contributed by atoms with van der Waals surface area (Å²) in [4.78, 5) is 17.7. The molecule has 5 aliphatic rings. The van der Waals surface area contributed by atoms with Crippen molar-refractivity contribution in [3.05, 3.63) is 34.3 Å². The number of hydrogen-bond acceptors (Lipinski definition) is 2. The Hall–Kier alpha value is -0.870. The molecule has 1 aliphatic heterocycles. The van der Waals surface area contributed by atoms with E-state index in [1.54, 1.807) is 0 Å². The van der Waals surface area contributed by atoms with E-state index in [9.17, 15) is 4.79 Å². The summed E-state index contributed by atoms with van der Waals surface area (Å²) in [7, 11) is 0. The third kappa shape index (κ3) is 3.72. The predicted octanol–water partition coefficient (Wildman–Crippen LogP) is 4.70. The Morgan fingerprint density at radius 1 is 0.963 bits per heavy atom. The summed E-state index contributed by atoms with van der Waals surface area (Å²) in [5.41, 5.74) is 1.71. The number of nitrogens with zero attached hydrogens (tertiary/aromatic N) is 2. The molecular formula is C23H31BrN2O. The molecule has 0 aromatic heterocycles. The lowest BCUT2D eigenvalue weighted by Gasteiger charge is -2.57. The van der Waals surface area contributed by atoms with Gasteiger partial charge in [0, 0.05) is 43.6 Å². The number of halogens is 1. The average Bonchev–Trinajstić information content (AvgIpc) is 2.63. The Bertz CT molecular complexity index is 675. The first-order valence-corrected chi connectivity index (χ1v) is 11.6. The van der Waals surface area contributed by atoms with Crippen molar-refractivity contribution in [2.75, 3.05) is 26.2 Å². The Kier molecular flexibility index (Phi) is 4.84. The molecule has 5 fully saturated rings. The van der Waals surface area contributed by atoms with Gasteiger partial charge in [-0.05, 0) is 73.3 Å². The average molecular weight is 431 g/mol. The van der Waals surface area contributed by atoms with E-state index >= 15 is 0 Å². The molecule has 0 radical (unpaired) electrons. The van der Waals surface area contributed by atoms with Crippen LogP contribution >= 0.6 is 15.9 Å². The lowest BCUT2D eigenvalue weighted by molar-refractivity contribution is -0.141. The molecule has 6 rings (SSSR count). The molecule has 0 unspecified atom stereocenters. The molecule has 0 atom stereocenters. The number of hydrogen-bond donors (Lipinski definition) is 0. The lowest BCUT2D eigenvalue weighted by atomic mass is 9.49. The molecule has 1 saturated heterocycles. The van der Waals surface area contributed by atoms with Gasteiger partial charge in [0.1, 0.15) is 0 Å². The zero-order chi connectivity index (χ0) is 18.4. The number of carbonyl (C=O) groups is 1. The monoisotopic (exact) mass is 430 g/mol. The molecule has 0 N–H and O–H groups in total. The van der Waals surface area contributed by atoms with Crippen molar-refractivity contribution in [3.8, 4) is 0 Å². The number of carbonyl (C=O) groups excluding carboxylic acids is 1. The topological polar surface area (TPSA) is 23.6 Å². The van der Waals surface area contributed by atoms with E-state index in [4.69, 9.17) is 0 Å². The highest BCUT2D eigenvalue weighted by molar-refractivity contribution is 9.10. The minimum atomic E-state index is 0.373. The van der Waals surface area contributed by atoms with Crippen molar-refractivity contribution in [2.24, 2.45) is 23.2 Å². The van der Waals surface area contributed by atoms with Crippen LogP contribution in [0.1, 0.15) is 50.5 Å². The van der Waals surface area contributed by atoms with Crippen molar-refractivity contribution in [1.29, 1.82) is 0 Å². The first-order valence-electron chi connectivity index (χ1n) is 10.8. The van der Waals surface area contributed by atoms with Crippen LogP contribution in [0, 0.1) is 23.2 Å². The van der Waals surface area contributed by atoms with Crippen LogP contribution in [0.5, 0.6) is 0 Å². The zero-order valence-corrected chi connectivity index (χ0v) is 17.8. The maximum atomic E-state index is 13.1.